The maximum atomic E-state index is 14.1. The molecule has 4 aromatic heterocycles. The predicted molar refractivity (Wildman–Crippen MR) is 158 cm³/mol. The molecular formula is C33H34FN5O4. The average molecular weight is 584 g/mol. The van der Waals surface area contributed by atoms with Gasteiger partial charge in [0.25, 0.3) is 0 Å². The van der Waals surface area contributed by atoms with Gasteiger partial charge in [0.1, 0.15) is 23.0 Å². The zero-order chi connectivity index (χ0) is 30.7. The van der Waals surface area contributed by atoms with Crippen LogP contribution in [-0.2, 0) is 16.8 Å². The zero-order valence-electron chi connectivity index (χ0n) is 25.1. The molecule has 4 heterocycles. The molecule has 0 radical (unpaired) electrons. The minimum Gasteiger partial charge on any atom is -0.443 e. The van der Waals surface area contributed by atoms with Crippen molar-refractivity contribution in [1.29, 1.82) is 0 Å². The molecule has 1 unspecified atom stereocenters. The van der Waals surface area contributed by atoms with Gasteiger partial charge >= 0.3 is 6.09 Å². The monoisotopic (exact) mass is 583 g/mol. The van der Waals surface area contributed by atoms with Crippen molar-refractivity contribution >= 4 is 17.1 Å². The molecule has 43 heavy (non-hydrogen) atoms. The first kappa shape index (κ1) is 28.7. The fourth-order valence-electron chi connectivity index (χ4n) is 5.47. The molecule has 6 rings (SSSR count). The molecule has 0 amide bonds. The number of aryl methyl sites for hydroxylation is 3. The summed E-state index contributed by atoms with van der Waals surface area (Å²) < 4.78 is 27.0. The fraction of sp³-hybridized carbons (Fsp3) is 0.364. The van der Waals surface area contributed by atoms with Crippen LogP contribution in [0.1, 0.15) is 86.2 Å². The van der Waals surface area contributed by atoms with E-state index in [1.54, 1.807) is 25.3 Å². The third-order valence-electron chi connectivity index (χ3n) is 7.72. The van der Waals surface area contributed by atoms with E-state index in [1.165, 1.54) is 16.7 Å². The number of carbonyl (C=O) groups is 1. The van der Waals surface area contributed by atoms with Gasteiger partial charge in [0.2, 0.25) is 0 Å². The fourth-order valence-corrected chi connectivity index (χ4v) is 5.47. The molecule has 9 nitrogen and oxygen atoms in total. The summed E-state index contributed by atoms with van der Waals surface area (Å²) >= 11 is 0. The summed E-state index contributed by atoms with van der Waals surface area (Å²) in [5, 5.41) is 17.0. The normalized spacial score (nSPS) is 15.1. The lowest BCUT2D eigenvalue weighted by molar-refractivity contribution is 0.0539. The van der Waals surface area contributed by atoms with Gasteiger partial charge in [-0.1, -0.05) is 18.1 Å². The number of aromatic nitrogens is 5. The van der Waals surface area contributed by atoms with Crippen molar-refractivity contribution in [3.8, 4) is 11.1 Å². The Kier molecular flexibility index (Phi) is 6.92. The maximum absolute atomic E-state index is 14.1. The second-order valence-electron chi connectivity index (χ2n) is 12.1. The molecule has 0 spiro atoms. The molecular weight excluding hydrogens is 549 g/mol. The van der Waals surface area contributed by atoms with E-state index >= 15 is 0 Å². The highest BCUT2D eigenvalue weighted by atomic mass is 19.1. The molecule has 222 valence electrons. The highest BCUT2D eigenvalue weighted by Gasteiger charge is 2.42. The summed E-state index contributed by atoms with van der Waals surface area (Å²) in [6, 6.07) is 9.97. The minimum atomic E-state index is -1.97. The van der Waals surface area contributed by atoms with Crippen LogP contribution >= 0.6 is 0 Å². The van der Waals surface area contributed by atoms with Gasteiger partial charge in [-0.05, 0) is 95.3 Å². The highest BCUT2D eigenvalue weighted by molar-refractivity contribution is 5.94. The number of benzene rings is 1. The minimum absolute atomic E-state index is 0.0642. The smallest absolute Gasteiger partial charge is 0.420 e. The SMILES string of the molecule is CCc1ccc(C(O)(c2ccc(F)cn2)c2cc(-c3c(C)noc3C)cc3c2nc(C2CC2)n3C(=O)OC(C)(C)C)nc1. The number of hydrogen-bond acceptors (Lipinski definition) is 8. The third-order valence-corrected chi connectivity index (χ3v) is 7.72. The summed E-state index contributed by atoms with van der Waals surface area (Å²) in [6.07, 6.45) is 4.72. The summed E-state index contributed by atoms with van der Waals surface area (Å²) in [7, 11) is 0. The molecule has 1 aromatic carbocycles. The van der Waals surface area contributed by atoms with Crippen molar-refractivity contribution in [2.45, 2.75) is 77.9 Å². The Hall–Kier alpha value is -4.44. The molecule has 1 atom stereocenters. The van der Waals surface area contributed by atoms with E-state index in [0.717, 1.165) is 36.6 Å². The Morgan fingerprint density at radius 2 is 1.79 bits per heavy atom. The first-order chi connectivity index (χ1) is 20.4. The lowest BCUT2D eigenvalue weighted by atomic mass is 9.83. The van der Waals surface area contributed by atoms with E-state index in [1.807, 2.05) is 46.8 Å². The number of rotatable bonds is 6. The second-order valence-corrected chi connectivity index (χ2v) is 12.1. The zero-order valence-corrected chi connectivity index (χ0v) is 25.1. The number of aliphatic hydroxyl groups is 1. The van der Waals surface area contributed by atoms with Crippen LogP contribution in [0.3, 0.4) is 0 Å². The van der Waals surface area contributed by atoms with E-state index in [4.69, 9.17) is 14.2 Å². The van der Waals surface area contributed by atoms with E-state index in [9.17, 15) is 14.3 Å². The Balaban J connectivity index is 1.73. The second kappa shape index (κ2) is 10.4. The summed E-state index contributed by atoms with van der Waals surface area (Å²) in [5.74, 6) is 0.655. The number of ether oxygens (including phenoxy) is 1. The van der Waals surface area contributed by atoms with Gasteiger partial charge in [-0.2, -0.15) is 0 Å². The molecule has 1 N–H and O–H groups in total. The third kappa shape index (κ3) is 5.09. The van der Waals surface area contributed by atoms with Gasteiger partial charge in [-0.25, -0.2) is 18.7 Å². The quantitative estimate of drug-likeness (QED) is 0.234. The standard InChI is InChI=1S/C33H34FN5O4/c1-7-20-8-12-26(35-16-20)33(41,27-13-11-23(34)17-36-27)24-14-22(28-18(2)38-43-19(28)3)15-25-29(24)37-30(21-9-10-21)39(25)31(40)42-32(4,5)6/h8,11-17,21,41H,7,9-10H2,1-6H3. The van der Waals surface area contributed by atoms with Crippen molar-refractivity contribution in [2.24, 2.45) is 0 Å². The first-order valence-corrected chi connectivity index (χ1v) is 14.4. The van der Waals surface area contributed by atoms with Crippen molar-refractivity contribution in [3.63, 3.8) is 0 Å². The summed E-state index contributed by atoms with van der Waals surface area (Å²) in [6.45, 7) is 11.1. The number of halogens is 1. The number of carbonyl (C=O) groups excluding carboxylic acids is 1. The van der Waals surface area contributed by atoms with Gasteiger partial charge in [0, 0.05) is 23.2 Å². The van der Waals surface area contributed by atoms with Crippen LogP contribution in [0, 0.1) is 19.7 Å². The van der Waals surface area contributed by atoms with Crippen LogP contribution in [-0.4, -0.2) is 41.5 Å². The molecule has 0 saturated heterocycles. The Bertz CT molecular complexity index is 1810. The average Bonchev–Trinajstić information content (AvgIpc) is 3.66. The van der Waals surface area contributed by atoms with Crippen molar-refractivity contribution in [2.75, 3.05) is 0 Å². The van der Waals surface area contributed by atoms with E-state index < -0.39 is 23.1 Å². The predicted octanol–water partition coefficient (Wildman–Crippen LogP) is 6.74. The number of fused-ring (bicyclic) bond motifs is 1. The highest BCUT2D eigenvalue weighted by Crippen LogP contribution is 2.45. The molecule has 0 aliphatic heterocycles. The maximum Gasteiger partial charge on any atom is 0.420 e. The lowest BCUT2D eigenvalue weighted by Gasteiger charge is -2.29. The summed E-state index contributed by atoms with van der Waals surface area (Å²) in [5.41, 5.74) is 1.88. The Morgan fingerprint density at radius 3 is 2.33 bits per heavy atom. The van der Waals surface area contributed by atoms with Crippen LogP contribution in [0.15, 0.2) is 53.3 Å². The van der Waals surface area contributed by atoms with E-state index in [2.05, 4.69) is 15.1 Å². The van der Waals surface area contributed by atoms with Crippen LogP contribution in [0.5, 0.6) is 0 Å². The molecule has 10 heteroatoms. The van der Waals surface area contributed by atoms with Crippen molar-refractivity contribution in [3.05, 3.63) is 94.4 Å². The van der Waals surface area contributed by atoms with Crippen LogP contribution in [0.4, 0.5) is 9.18 Å². The van der Waals surface area contributed by atoms with Crippen LogP contribution in [0.25, 0.3) is 22.2 Å². The number of hydrogen-bond donors (Lipinski definition) is 1. The van der Waals surface area contributed by atoms with E-state index in [0.29, 0.717) is 39.4 Å². The van der Waals surface area contributed by atoms with Crippen molar-refractivity contribution < 1.29 is 23.6 Å². The molecule has 0 bridgehead atoms. The molecule has 1 aliphatic rings. The van der Waals surface area contributed by atoms with E-state index in [-0.39, 0.29) is 17.3 Å². The first-order valence-electron chi connectivity index (χ1n) is 14.4. The lowest BCUT2D eigenvalue weighted by Crippen LogP contribution is -2.32. The van der Waals surface area contributed by atoms with Gasteiger partial charge in [-0.3, -0.25) is 9.97 Å². The largest absolute Gasteiger partial charge is 0.443 e. The van der Waals surface area contributed by atoms with Gasteiger partial charge < -0.3 is 14.4 Å². The number of imidazole rings is 1. The molecule has 1 fully saturated rings. The van der Waals surface area contributed by atoms with Gasteiger partial charge in [0.05, 0.1) is 34.3 Å². The summed E-state index contributed by atoms with van der Waals surface area (Å²) in [4.78, 5) is 27.7. The van der Waals surface area contributed by atoms with Crippen LogP contribution < -0.4 is 0 Å². The topological polar surface area (TPSA) is 116 Å². The number of nitrogens with zero attached hydrogens (tertiary/aromatic N) is 5. The Morgan fingerprint density at radius 1 is 1.09 bits per heavy atom. The molecule has 5 aromatic rings. The molecule has 1 aliphatic carbocycles. The van der Waals surface area contributed by atoms with Gasteiger partial charge in [0.15, 0.2) is 5.60 Å². The Labute approximate surface area is 248 Å². The van der Waals surface area contributed by atoms with Crippen LogP contribution in [0.2, 0.25) is 0 Å². The van der Waals surface area contributed by atoms with Gasteiger partial charge in [-0.15, -0.1) is 0 Å². The number of pyridine rings is 2. The van der Waals surface area contributed by atoms with Crippen molar-refractivity contribution in [1.82, 2.24) is 24.7 Å². The molecule has 1 saturated carbocycles.